The first-order chi connectivity index (χ1) is 18.9. The highest BCUT2D eigenvalue weighted by Crippen LogP contribution is 2.26. The van der Waals surface area contributed by atoms with Crippen molar-refractivity contribution in [3.63, 3.8) is 0 Å². The summed E-state index contributed by atoms with van der Waals surface area (Å²) in [6.07, 6.45) is 3.20. The Morgan fingerprint density at radius 3 is 2.69 bits per heavy atom. The number of nitrogens with one attached hydrogen (secondary N) is 1. The van der Waals surface area contributed by atoms with E-state index in [4.69, 9.17) is 22.3 Å². The molecule has 1 atom stereocenters. The van der Waals surface area contributed by atoms with E-state index < -0.39 is 11.9 Å². The van der Waals surface area contributed by atoms with Gasteiger partial charge in [-0.15, -0.1) is 0 Å². The number of nitrogen functional groups attached to an aromatic ring is 1. The summed E-state index contributed by atoms with van der Waals surface area (Å²) in [6, 6.07) is 15.1. The predicted molar refractivity (Wildman–Crippen MR) is 150 cm³/mol. The Kier molecular flexibility index (Phi) is 7.21. The number of aryl methyl sites for hydroxylation is 1. The van der Waals surface area contributed by atoms with Crippen LogP contribution in [0.4, 0.5) is 16.0 Å². The van der Waals surface area contributed by atoms with Crippen molar-refractivity contribution in [3.8, 4) is 17.5 Å². The third kappa shape index (κ3) is 5.28. The molecule has 0 saturated heterocycles. The topological polar surface area (TPSA) is 112 Å². The van der Waals surface area contributed by atoms with Gasteiger partial charge in [-0.25, -0.2) is 24.3 Å². The quantitative estimate of drug-likeness (QED) is 0.299. The van der Waals surface area contributed by atoms with Crippen LogP contribution >= 0.6 is 11.6 Å². The van der Waals surface area contributed by atoms with Gasteiger partial charge in [0.2, 0.25) is 0 Å². The van der Waals surface area contributed by atoms with Gasteiger partial charge in [0.1, 0.15) is 40.9 Å². The Balaban J connectivity index is 1.62. The van der Waals surface area contributed by atoms with E-state index in [1.807, 2.05) is 38.1 Å². The van der Waals surface area contributed by atoms with Crippen LogP contribution in [-0.4, -0.2) is 24.5 Å². The summed E-state index contributed by atoms with van der Waals surface area (Å²) in [5.41, 5.74) is 8.75. The molecule has 3 heterocycles. The van der Waals surface area contributed by atoms with Crippen molar-refractivity contribution in [1.82, 2.24) is 24.5 Å². The first-order valence-electron chi connectivity index (χ1n) is 12.2. The molecule has 0 aliphatic carbocycles. The SMILES string of the molecule is CCc1cccc(-n2c(C(C)Nc3ncnc(N)c3C#Cc3ccc(F)cn3)nc3cccc(Cl)c3c2=O)c1. The second kappa shape index (κ2) is 10.9. The lowest BCUT2D eigenvalue weighted by molar-refractivity contribution is 0.621. The van der Waals surface area contributed by atoms with Crippen molar-refractivity contribution in [2.45, 2.75) is 26.3 Å². The van der Waals surface area contributed by atoms with Crippen molar-refractivity contribution >= 4 is 34.1 Å². The van der Waals surface area contributed by atoms with E-state index in [0.29, 0.717) is 44.5 Å². The van der Waals surface area contributed by atoms with Crippen molar-refractivity contribution in [2.75, 3.05) is 11.1 Å². The van der Waals surface area contributed by atoms with Gasteiger partial charge in [-0.3, -0.25) is 9.36 Å². The Morgan fingerprint density at radius 1 is 1.10 bits per heavy atom. The van der Waals surface area contributed by atoms with E-state index >= 15 is 0 Å². The molecule has 194 valence electrons. The van der Waals surface area contributed by atoms with Gasteiger partial charge in [0.05, 0.1) is 33.9 Å². The summed E-state index contributed by atoms with van der Waals surface area (Å²) in [5.74, 6) is 6.27. The van der Waals surface area contributed by atoms with Crippen LogP contribution in [0.3, 0.4) is 0 Å². The largest absolute Gasteiger partial charge is 0.382 e. The standard InChI is InChI=1S/C29H23ClFN7O/c1-3-18-6-4-7-21(14-18)38-28(37-24-9-5-8-23(30)25(24)29(38)39)17(2)36-27-22(26(32)34-16-35-27)13-12-20-11-10-19(31)15-33-20/h4-11,14-17H,3H2,1-2H3,(H3,32,34,35,36). The minimum Gasteiger partial charge on any atom is -0.382 e. The van der Waals surface area contributed by atoms with E-state index in [2.05, 4.69) is 32.1 Å². The smallest absolute Gasteiger partial charge is 0.267 e. The maximum absolute atomic E-state index is 13.8. The molecular weight excluding hydrogens is 517 g/mol. The van der Waals surface area contributed by atoms with E-state index in [-0.39, 0.29) is 11.4 Å². The second-order valence-electron chi connectivity index (χ2n) is 8.73. The van der Waals surface area contributed by atoms with Gasteiger partial charge in [0.15, 0.2) is 0 Å². The molecular formula is C29H23ClFN7O. The number of halogens is 2. The number of fused-ring (bicyclic) bond motifs is 1. The molecule has 0 saturated carbocycles. The van der Waals surface area contributed by atoms with E-state index in [1.54, 1.807) is 22.8 Å². The minimum atomic E-state index is -0.523. The van der Waals surface area contributed by atoms with Gasteiger partial charge in [0.25, 0.3) is 5.56 Å². The summed E-state index contributed by atoms with van der Waals surface area (Å²) < 4.78 is 14.8. The van der Waals surface area contributed by atoms with E-state index in [9.17, 15) is 9.18 Å². The maximum atomic E-state index is 13.8. The number of aromatic nitrogens is 5. The Morgan fingerprint density at radius 2 is 1.92 bits per heavy atom. The summed E-state index contributed by atoms with van der Waals surface area (Å²) in [7, 11) is 0. The predicted octanol–water partition coefficient (Wildman–Crippen LogP) is 5.08. The molecule has 0 spiro atoms. The number of nitrogens with two attached hydrogens (primary N) is 1. The zero-order valence-corrected chi connectivity index (χ0v) is 21.9. The zero-order valence-electron chi connectivity index (χ0n) is 21.1. The van der Waals surface area contributed by atoms with Gasteiger partial charge < -0.3 is 11.1 Å². The highest BCUT2D eigenvalue weighted by Gasteiger charge is 2.21. The van der Waals surface area contributed by atoms with Gasteiger partial charge in [-0.05, 0) is 61.2 Å². The number of benzene rings is 2. The Labute approximate surface area is 228 Å². The highest BCUT2D eigenvalue weighted by molar-refractivity contribution is 6.35. The molecule has 0 aliphatic rings. The van der Waals surface area contributed by atoms with Crippen LogP contribution in [0.1, 0.15) is 42.5 Å². The lowest BCUT2D eigenvalue weighted by Gasteiger charge is -2.21. The lowest BCUT2D eigenvalue weighted by Crippen LogP contribution is -2.28. The average molecular weight is 540 g/mol. The van der Waals surface area contributed by atoms with E-state index in [1.165, 1.54) is 18.5 Å². The van der Waals surface area contributed by atoms with Crippen molar-refractivity contribution in [2.24, 2.45) is 0 Å². The molecule has 10 heteroatoms. The molecule has 0 radical (unpaired) electrons. The highest BCUT2D eigenvalue weighted by atomic mass is 35.5. The van der Waals surface area contributed by atoms with Crippen LogP contribution in [0.15, 0.2) is 71.9 Å². The number of anilines is 2. The molecule has 1 unspecified atom stereocenters. The fraction of sp³-hybridized carbons (Fsp3) is 0.138. The molecule has 3 N–H and O–H groups in total. The van der Waals surface area contributed by atoms with Crippen molar-refractivity contribution in [3.05, 3.63) is 111 Å². The normalized spacial score (nSPS) is 11.6. The van der Waals surface area contributed by atoms with Crippen LogP contribution < -0.4 is 16.6 Å². The van der Waals surface area contributed by atoms with Crippen LogP contribution in [-0.2, 0) is 6.42 Å². The first kappa shape index (κ1) is 25.8. The minimum absolute atomic E-state index is 0.153. The zero-order chi connectivity index (χ0) is 27.5. The van der Waals surface area contributed by atoms with Crippen molar-refractivity contribution in [1.29, 1.82) is 0 Å². The molecule has 0 fully saturated rings. The molecule has 0 amide bonds. The van der Waals surface area contributed by atoms with Gasteiger partial charge >= 0.3 is 0 Å². The molecule has 39 heavy (non-hydrogen) atoms. The number of hydrogen-bond donors (Lipinski definition) is 2. The van der Waals surface area contributed by atoms with E-state index in [0.717, 1.165) is 18.2 Å². The van der Waals surface area contributed by atoms with Crippen LogP contribution in [0, 0.1) is 17.7 Å². The van der Waals surface area contributed by atoms with Gasteiger partial charge in [-0.1, -0.05) is 42.6 Å². The fourth-order valence-electron chi connectivity index (χ4n) is 4.14. The molecule has 0 bridgehead atoms. The maximum Gasteiger partial charge on any atom is 0.267 e. The second-order valence-corrected chi connectivity index (χ2v) is 9.14. The number of rotatable bonds is 5. The van der Waals surface area contributed by atoms with Gasteiger partial charge in [-0.2, -0.15) is 0 Å². The molecule has 5 aromatic rings. The first-order valence-corrected chi connectivity index (χ1v) is 12.5. The summed E-state index contributed by atoms with van der Waals surface area (Å²) in [5, 5.41) is 3.95. The summed E-state index contributed by atoms with van der Waals surface area (Å²) >= 11 is 6.43. The number of nitrogens with zero attached hydrogens (tertiary/aromatic N) is 5. The lowest BCUT2D eigenvalue weighted by atomic mass is 10.1. The molecule has 0 aliphatic heterocycles. The monoisotopic (exact) mass is 539 g/mol. The Hall–Kier alpha value is -4.81. The Bertz CT molecular complexity index is 1810. The van der Waals surface area contributed by atoms with Crippen LogP contribution in [0.25, 0.3) is 16.6 Å². The average Bonchev–Trinajstić information content (AvgIpc) is 2.93. The molecule has 2 aromatic carbocycles. The summed E-state index contributed by atoms with van der Waals surface area (Å²) in [6.45, 7) is 3.90. The van der Waals surface area contributed by atoms with Gasteiger partial charge in [0, 0.05) is 0 Å². The molecule has 3 aromatic heterocycles. The van der Waals surface area contributed by atoms with Crippen LogP contribution in [0.5, 0.6) is 0 Å². The van der Waals surface area contributed by atoms with Crippen LogP contribution in [0.2, 0.25) is 5.02 Å². The molecule has 8 nitrogen and oxygen atoms in total. The molecule has 5 rings (SSSR count). The van der Waals surface area contributed by atoms with Crippen molar-refractivity contribution < 1.29 is 4.39 Å². The summed E-state index contributed by atoms with van der Waals surface area (Å²) in [4.78, 5) is 31.0. The number of pyridine rings is 1. The number of hydrogen-bond acceptors (Lipinski definition) is 7. The third-order valence-corrected chi connectivity index (χ3v) is 6.42. The fourth-order valence-corrected chi connectivity index (χ4v) is 4.39. The third-order valence-electron chi connectivity index (χ3n) is 6.11.